The Bertz CT molecular complexity index is 604. The Labute approximate surface area is 170 Å². The lowest BCUT2D eigenvalue weighted by atomic mass is 9.88. The predicted octanol–water partition coefficient (Wildman–Crippen LogP) is 3.53. The summed E-state index contributed by atoms with van der Waals surface area (Å²) in [5.41, 5.74) is 1.12. The van der Waals surface area contributed by atoms with Crippen LogP contribution in [0.3, 0.4) is 0 Å². The molecule has 1 aromatic rings. The Kier molecular flexibility index (Phi) is 8.46. The SMILES string of the molecule is CCNC(=NCCc1cccc(O)c1)NC1CCN(CC2CCCCC2)CC1. The molecule has 156 valence electrons. The lowest BCUT2D eigenvalue weighted by Gasteiger charge is -2.36. The molecule has 2 fully saturated rings. The van der Waals surface area contributed by atoms with Crippen LogP contribution in [0.2, 0.25) is 0 Å². The molecule has 0 atom stereocenters. The van der Waals surface area contributed by atoms with E-state index in [0.717, 1.165) is 37.0 Å². The summed E-state index contributed by atoms with van der Waals surface area (Å²) in [6.45, 7) is 7.43. The number of phenols is 1. The fourth-order valence-corrected chi connectivity index (χ4v) is 4.52. The smallest absolute Gasteiger partial charge is 0.191 e. The zero-order valence-electron chi connectivity index (χ0n) is 17.5. The van der Waals surface area contributed by atoms with Gasteiger partial charge in [0.1, 0.15) is 5.75 Å². The van der Waals surface area contributed by atoms with Crippen molar-refractivity contribution in [1.29, 1.82) is 0 Å². The minimum Gasteiger partial charge on any atom is -0.508 e. The van der Waals surface area contributed by atoms with Crippen molar-refractivity contribution in [1.82, 2.24) is 15.5 Å². The molecule has 5 heteroatoms. The van der Waals surface area contributed by atoms with E-state index in [-0.39, 0.29) is 0 Å². The molecule has 2 aliphatic rings. The maximum Gasteiger partial charge on any atom is 0.191 e. The second kappa shape index (κ2) is 11.3. The van der Waals surface area contributed by atoms with Gasteiger partial charge in [0.05, 0.1) is 0 Å². The Morgan fingerprint density at radius 1 is 1.14 bits per heavy atom. The van der Waals surface area contributed by atoms with E-state index < -0.39 is 0 Å². The predicted molar refractivity (Wildman–Crippen MR) is 117 cm³/mol. The van der Waals surface area contributed by atoms with Crippen LogP contribution in [0.15, 0.2) is 29.3 Å². The van der Waals surface area contributed by atoms with Crippen LogP contribution in [0, 0.1) is 5.92 Å². The van der Waals surface area contributed by atoms with E-state index in [0.29, 0.717) is 11.8 Å². The van der Waals surface area contributed by atoms with E-state index in [1.807, 2.05) is 18.2 Å². The number of phenolic OH excluding ortho intramolecular Hbond substituents is 1. The fourth-order valence-electron chi connectivity index (χ4n) is 4.52. The molecule has 5 nitrogen and oxygen atoms in total. The quantitative estimate of drug-likeness (QED) is 0.496. The molecule has 0 aromatic heterocycles. The van der Waals surface area contributed by atoms with E-state index in [1.165, 1.54) is 64.6 Å². The van der Waals surface area contributed by atoms with E-state index in [2.05, 4.69) is 22.5 Å². The molecule has 28 heavy (non-hydrogen) atoms. The third kappa shape index (κ3) is 7.01. The van der Waals surface area contributed by atoms with Gasteiger partial charge in [-0.2, -0.15) is 0 Å². The highest BCUT2D eigenvalue weighted by Gasteiger charge is 2.23. The first-order valence-electron chi connectivity index (χ1n) is 11.3. The van der Waals surface area contributed by atoms with Crippen molar-refractivity contribution in [2.24, 2.45) is 10.9 Å². The summed E-state index contributed by atoms with van der Waals surface area (Å²) in [6.07, 6.45) is 10.4. The first-order valence-corrected chi connectivity index (χ1v) is 11.3. The Morgan fingerprint density at radius 2 is 1.93 bits per heavy atom. The van der Waals surface area contributed by atoms with Gasteiger partial charge in [-0.15, -0.1) is 0 Å². The van der Waals surface area contributed by atoms with Crippen LogP contribution in [0.5, 0.6) is 5.75 Å². The van der Waals surface area contributed by atoms with Crippen LogP contribution >= 0.6 is 0 Å². The number of aliphatic imine (C=N–C) groups is 1. The number of guanidine groups is 1. The number of hydrogen-bond acceptors (Lipinski definition) is 3. The fraction of sp³-hybridized carbons (Fsp3) is 0.696. The lowest BCUT2D eigenvalue weighted by Crippen LogP contribution is -2.49. The van der Waals surface area contributed by atoms with Gasteiger partial charge >= 0.3 is 0 Å². The van der Waals surface area contributed by atoms with E-state index in [1.54, 1.807) is 6.07 Å². The number of aromatic hydroxyl groups is 1. The highest BCUT2D eigenvalue weighted by molar-refractivity contribution is 5.80. The van der Waals surface area contributed by atoms with Gasteiger partial charge < -0.3 is 20.6 Å². The van der Waals surface area contributed by atoms with Gasteiger partial charge in [0.15, 0.2) is 5.96 Å². The van der Waals surface area contributed by atoms with Crippen molar-refractivity contribution in [2.75, 3.05) is 32.7 Å². The van der Waals surface area contributed by atoms with Crippen molar-refractivity contribution < 1.29 is 5.11 Å². The molecule has 0 unspecified atom stereocenters. The lowest BCUT2D eigenvalue weighted by molar-refractivity contribution is 0.160. The summed E-state index contributed by atoms with van der Waals surface area (Å²) in [4.78, 5) is 7.42. The monoisotopic (exact) mass is 386 g/mol. The van der Waals surface area contributed by atoms with E-state index >= 15 is 0 Å². The normalized spacial score (nSPS) is 20.2. The van der Waals surface area contributed by atoms with Gasteiger partial charge in [0, 0.05) is 38.8 Å². The molecule has 1 aromatic carbocycles. The topological polar surface area (TPSA) is 59.9 Å². The molecule has 0 spiro atoms. The van der Waals surface area contributed by atoms with Crippen LogP contribution in [0.4, 0.5) is 0 Å². The van der Waals surface area contributed by atoms with Gasteiger partial charge in [-0.1, -0.05) is 31.4 Å². The molecule has 3 rings (SSSR count). The molecule has 1 saturated heterocycles. The third-order valence-corrected chi connectivity index (χ3v) is 6.09. The van der Waals surface area contributed by atoms with E-state index in [9.17, 15) is 5.11 Å². The summed E-state index contributed by atoms with van der Waals surface area (Å²) in [6, 6.07) is 7.97. The Hall–Kier alpha value is -1.75. The van der Waals surface area contributed by atoms with Crippen LogP contribution in [0.25, 0.3) is 0 Å². The molecule has 0 radical (unpaired) electrons. The van der Waals surface area contributed by atoms with Crippen LogP contribution in [0.1, 0.15) is 57.4 Å². The van der Waals surface area contributed by atoms with Crippen molar-refractivity contribution in [3.05, 3.63) is 29.8 Å². The molecule has 1 aliphatic carbocycles. The maximum absolute atomic E-state index is 9.58. The Balaban J connectivity index is 1.41. The number of nitrogens with zero attached hydrogens (tertiary/aromatic N) is 2. The van der Waals surface area contributed by atoms with Gasteiger partial charge in [0.2, 0.25) is 0 Å². The van der Waals surface area contributed by atoms with Crippen molar-refractivity contribution in [3.63, 3.8) is 0 Å². The standard InChI is InChI=1S/C23H38N4O/c1-2-24-23(25-14-11-19-9-6-10-22(28)17-19)26-21-12-15-27(16-13-21)18-20-7-4-3-5-8-20/h6,9-10,17,20-21,28H,2-5,7-8,11-16,18H2,1H3,(H2,24,25,26). The summed E-state index contributed by atoms with van der Waals surface area (Å²) < 4.78 is 0. The first kappa shape index (κ1) is 21.0. The van der Waals surface area contributed by atoms with Gasteiger partial charge in [-0.25, -0.2) is 0 Å². The largest absolute Gasteiger partial charge is 0.508 e. The molecule has 1 saturated carbocycles. The first-order chi connectivity index (χ1) is 13.7. The highest BCUT2D eigenvalue weighted by atomic mass is 16.3. The highest BCUT2D eigenvalue weighted by Crippen LogP contribution is 2.25. The summed E-state index contributed by atoms with van der Waals surface area (Å²) in [5, 5.41) is 16.6. The summed E-state index contributed by atoms with van der Waals surface area (Å²) >= 11 is 0. The third-order valence-electron chi connectivity index (χ3n) is 6.09. The molecule has 1 heterocycles. The minimum atomic E-state index is 0.325. The minimum absolute atomic E-state index is 0.325. The molecular formula is C23H38N4O. The number of benzene rings is 1. The Morgan fingerprint density at radius 3 is 2.64 bits per heavy atom. The summed E-state index contributed by atoms with van der Waals surface area (Å²) in [7, 11) is 0. The number of piperidine rings is 1. The number of rotatable bonds is 7. The second-order valence-corrected chi connectivity index (χ2v) is 8.40. The average Bonchev–Trinajstić information content (AvgIpc) is 2.70. The van der Waals surface area contributed by atoms with Crippen molar-refractivity contribution in [3.8, 4) is 5.75 Å². The van der Waals surface area contributed by atoms with Gasteiger partial charge in [-0.05, 0) is 62.6 Å². The second-order valence-electron chi connectivity index (χ2n) is 8.40. The number of likely N-dealkylation sites (tertiary alicyclic amines) is 1. The van der Waals surface area contributed by atoms with Crippen LogP contribution < -0.4 is 10.6 Å². The zero-order chi connectivity index (χ0) is 19.6. The van der Waals surface area contributed by atoms with Crippen molar-refractivity contribution >= 4 is 5.96 Å². The molecule has 1 aliphatic heterocycles. The zero-order valence-corrected chi connectivity index (χ0v) is 17.5. The average molecular weight is 387 g/mol. The molecule has 0 amide bonds. The molecule has 3 N–H and O–H groups in total. The van der Waals surface area contributed by atoms with Gasteiger partial charge in [0.25, 0.3) is 0 Å². The molecular weight excluding hydrogens is 348 g/mol. The molecule has 0 bridgehead atoms. The number of hydrogen-bond donors (Lipinski definition) is 3. The van der Waals surface area contributed by atoms with Crippen LogP contribution in [-0.2, 0) is 6.42 Å². The van der Waals surface area contributed by atoms with Crippen molar-refractivity contribution in [2.45, 2.75) is 64.3 Å². The summed E-state index contributed by atoms with van der Waals surface area (Å²) in [5.74, 6) is 2.19. The van der Waals surface area contributed by atoms with E-state index in [4.69, 9.17) is 4.99 Å². The number of nitrogens with one attached hydrogen (secondary N) is 2. The maximum atomic E-state index is 9.58. The van der Waals surface area contributed by atoms with Crippen LogP contribution in [-0.4, -0.2) is 54.7 Å². The van der Waals surface area contributed by atoms with Gasteiger partial charge in [-0.3, -0.25) is 4.99 Å².